The predicted molar refractivity (Wildman–Crippen MR) is 61.9 cm³/mol. The van der Waals surface area contributed by atoms with Crippen LogP contribution in [0.1, 0.15) is 17.7 Å². The first-order chi connectivity index (χ1) is 8.43. The molecule has 0 aromatic carbocycles. The summed E-state index contributed by atoms with van der Waals surface area (Å²) in [5.74, 6) is 1.26. The van der Waals surface area contributed by atoms with E-state index in [4.69, 9.17) is 9.47 Å². The van der Waals surface area contributed by atoms with Crippen molar-refractivity contribution in [1.82, 2.24) is 15.3 Å². The van der Waals surface area contributed by atoms with Crippen molar-refractivity contribution in [2.45, 2.75) is 19.4 Å². The quantitative estimate of drug-likeness (QED) is 0.828. The number of hydrogen-bond acceptors (Lipinski definition) is 5. The molecule has 1 atom stereocenters. The molecule has 92 valence electrons. The summed E-state index contributed by atoms with van der Waals surface area (Å²) in [6.45, 7) is 4.17. The summed E-state index contributed by atoms with van der Waals surface area (Å²) in [5.41, 5.74) is 2.24. The molecule has 0 amide bonds. The Morgan fingerprint density at radius 1 is 1.47 bits per heavy atom. The minimum absolute atomic E-state index is 0.511. The van der Waals surface area contributed by atoms with Crippen molar-refractivity contribution in [1.29, 1.82) is 0 Å². The van der Waals surface area contributed by atoms with E-state index in [0.717, 1.165) is 56.3 Å². The largest absolute Gasteiger partial charge is 0.477 e. The summed E-state index contributed by atoms with van der Waals surface area (Å²) < 4.78 is 11.2. The molecule has 2 aliphatic rings. The topological polar surface area (TPSA) is 56.3 Å². The first-order valence-corrected chi connectivity index (χ1v) is 6.17. The summed E-state index contributed by atoms with van der Waals surface area (Å²) >= 11 is 0. The molecule has 2 aliphatic heterocycles. The second kappa shape index (κ2) is 4.98. The van der Waals surface area contributed by atoms with Crippen molar-refractivity contribution in [3.63, 3.8) is 0 Å². The van der Waals surface area contributed by atoms with Gasteiger partial charge in [0.05, 0.1) is 18.9 Å². The lowest BCUT2D eigenvalue weighted by Crippen LogP contribution is -2.26. The molecule has 1 aromatic rings. The monoisotopic (exact) mass is 235 g/mol. The number of aromatic nitrogens is 2. The van der Waals surface area contributed by atoms with Crippen molar-refractivity contribution >= 4 is 0 Å². The standard InChI is InChI=1S/C12H17N3O2/c1-3-13-5-10-11(1)14-8-15-12(10)17-7-9-2-4-16-6-9/h8-9,13H,1-7H2. The summed E-state index contributed by atoms with van der Waals surface area (Å²) in [7, 11) is 0. The van der Waals surface area contributed by atoms with Crippen LogP contribution in [0, 0.1) is 5.92 Å². The van der Waals surface area contributed by atoms with Crippen molar-refractivity contribution in [3.05, 3.63) is 17.6 Å². The van der Waals surface area contributed by atoms with Crippen LogP contribution in [-0.2, 0) is 17.7 Å². The number of hydrogen-bond donors (Lipinski definition) is 1. The van der Waals surface area contributed by atoms with Gasteiger partial charge in [-0.3, -0.25) is 0 Å². The highest BCUT2D eigenvalue weighted by Crippen LogP contribution is 2.22. The van der Waals surface area contributed by atoms with E-state index in [0.29, 0.717) is 12.5 Å². The highest BCUT2D eigenvalue weighted by molar-refractivity contribution is 5.31. The van der Waals surface area contributed by atoms with Crippen LogP contribution in [-0.4, -0.2) is 36.3 Å². The predicted octanol–water partition coefficient (Wildman–Crippen LogP) is 0.538. The average molecular weight is 235 g/mol. The average Bonchev–Trinajstić information content (AvgIpc) is 2.89. The fourth-order valence-electron chi connectivity index (χ4n) is 2.28. The van der Waals surface area contributed by atoms with Gasteiger partial charge in [-0.2, -0.15) is 0 Å². The minimum atomic E-state index is 0.511. The van der Waals surface area contributed by atoms with Gasteiger partial charge >= 0.3 is 0 Å². The Morgan fingerprint density at radius 3 is 3.35 bits per heavy atom. The molecule has 0 spiro atoms. The van der Waals surface area contributed by atoms with E-state index in [9.17, 15) is 0 Å². The molecule has 3 rings (SSSR count). The fourth-order valence-corrected chi connectivity index (χ4v) is 2.28. The Hall–Kier alpha value is -1.20. The molecule has 0 aliphatic carbocycles. The lowest BCUT2D eigenvalue weighted by Gasteiger charge is -2.19. The molecular weight excluding hydrogens is 218 g/mol. The molecule has 1 fully saturated rings. The third-order valence-electron chi connectivity index (χ3n) is 3.32. The van der Waals surface area contributed by atoms with Crippen LogP contribution < -0.4 is 10.1 Å². The van der Waals surface area contributed by atoms with Crippen molar-refractivity contribution < 1.29 is 9.47 Å². The molecule has 0 radical (unpaired) electrons. The number of ether oxygens (including phenoxy) is 2. The van der Waals surface area contributed by atoms with Gasteiger partial charge in [0, 0.05) is 37.6 Å². The fraction of sp³-hybridized carbons (Fsp3) is 0.667. The molecule has 17 heavy (non-hydrogen) atoms. The van der Waals surface area contributed by atoms with Crippen LogP contribution in [0.15, 0.2) is 6.33 Å². The summed E-state index contributed by atoms with van der Waals surface area (Å²) in [6, 6.07) is 0. The molecule has 1 aromatic heterocycles. The van der Waals surface area contributed by atoms with Crippen molar-refractivity contribution in [2.24, 2.45) is 5.92 Å². The normalized spacial score (nSPS) is 23.4. The number of nitrogens with one attached hydrogen (secondary N) is 1. The lowest BCUT2D eigenvalue weighted by molar-refractivity contribution is 0.165. The molecule has 1 unspecified atom stereocenters. The highest BCUT2D eigenvalue weighted by atomic mass is 16.5. The number of fused-ring (bicyclic) bond motifs is 1. The van der Waals surface area contributed by atoms with E-state index in [-0.39, 0.29) is 0 Å². The van der Waals surface area contributed by atoms with E-state index in [1.54, 1.807) is 6.33 Å². The first-order valence-electron chi connectivity index (χ1n) is 6.17. The maximum absolute atomic E-state index is 5.82. The molecule has 5 heteroatoms. The number of nitrogens with zero attached hydrogens (tertiary/aromatic N) is 2. The molecule has 0 saturated carbocycles. The smallest absolute Gasteiger partial charge is 0.221 e. The molecule has 3 heterocycles. The zero-order valence-electron chi connectivity index (χ0n) is 9.82. The van der Waals surface area contributed by atoms with Crippen LogP contribution in [0.5, 0.6) is 5.88 Å². The van der Waals surface area contributed by atoms with Gasteiger partial charge in [-0.15, -0.1) is 0 Å². The zero-order valence-corrected chi connectivity index (χ0v) is 9.82. The molecule has 0 bridgehead atoms. The Morgan fingerprint density at radius 2 is 2.47 bits per heavy atom. The Labute approximate surface area is 101 Å². The van der Waals surface area contributed by atoms with Crippen LogP contribution in [0.2, 0.25) is 0 Å². The molecule has 1 N–H and O–H groups in total. The van der Waals surface area contributed by atoms with E-state index < -0.39 is 0 Å². The van der Waals surface area contributed by atoms with E-state index in [1.807, 2.05) is 0 Å². The van der Waals surface area contributed by atoms with E-state index in [2.05, 4.69) is 15.3 Å². The Bertz CT molecular complexity index is 391. The summed E-state index contributed by atoms with van der Waals surface area (Å²) in [4.78, 5) is 8.54. The van der Waals surface area contributed by atoms with Crippen LogP contribution in [0.4, 0.5) is 0 Å². The third kappa shape index (κ3) is 2.40. The zero-order chi connectivity index (χ0) is 11.5. The Balaban J connectivity index is 1.69. The van der Waals surface area contributed by atoms with Crippen LogP contribution >= 0.6 is 0 Å². The second-order valence-corrected chi connectivity index (χ2v) is 4.57. The summed E-state index contributed by atoms with van der Waals surface area (Å²) in [5, 5.41) is 3.32. The number of rotatable bonds is 3. The molecular formula is C12H17N3O2. The van der Waals surface area contributed by atoms with Gasteiger partial charge in [0.25, 0.3) is 0 Å². The SMILES string of the molecule is c1nc2c(c(OCC3CCOC3)n1)CNCC2. The molecule has 5 nitrogen and oxygen atoms in total. The minimum Gasteiger partial charge on any atom is -0.477 e. The van der Waals surface area contributed by atoms with Crippen LogP contribution in [0.3, 0.4) is 0 Å². The van der Waals surface area contributed by atoms with Gasteiger partial charge in [-0.05, 0) is 6.42 Å². The first kappa shape index (κ1) is 10.9. The second-order valence-electron chi connectivity index (χ2n) is 4.57. The van der Waals surface area contributed by atoms with Gasteiger partial charge in [0.2, 0.25) is 5.88 Å². The van der Waals surface area contributed by atoms with Gasteiger partial charge in [-0.1, -0.05) is 0 Å². The van der Waals surface area contributed by atoms with E-state index in [1.165, 1.54) is 0 Å². The van der Waals surface area contributed by atoms with Gasteiger partial charge in [-0.25, -0.2) is 9.97 Å². The van der Waals surface area contributed by atoms with Gasteiger partial charge in [0.1, 0.15) is 6.33 Å². The maximum Gasteiger partial charge on any atom is 0.221 e. The molecule has 1 saturated heterocycles. The summed E-state index contributed by atoms with van der Waals surface area (Å²) in [6.07, 6.45) is 3.65. The lowest BCUT2D eigenvalue weighted by atomic mass is 10.1. The van der Waals surface area contributed by atoms with Gasteiger partial charge < -0.3 is 14.8 Å². The van der Waals surface area contributed by atoms with Crippen molar-refractivity contribution in [2.75, 3.05) is 26.4 Å². The highest BCUT2D eigenvalue weighted by Gasteiger charge is 2.19. The third-order valence-corrected chi connectivity index (χ3v) is 3.32. The maximum atomic E-state index is 5.82. The van der Waals surface area contributed by atoms with Gasteiger partial charge in [0.15, 0.2) is 0 Å². The van der Waals surface area contributed by atoms with Crippen LogP contribution in [0.25, 0.3) is 0 Å². The van der Waals surface area contributed by atoms with Crippen molar-refractivity contribution in [3.8, 4) is 5.88 Å². The van der Waals surface area contributed by atoms with E-state index >= 15 is 0 Å². The Kier molecular flexibility index (Phi) is 3.20.